The quantitative estimate of drug-likeness (QED) is 0.837. The molecule has 5 nitrogen and oxygen atoms in total. The topological polar surface area (TPSA) is 81.4 Å². The summed E-state index contributed by atoms with van der Waals surface area (Å²) in [5.74, 6) is -0.588. The SMILES string of the molecule is CC(C)(C)OC(=O)NC(=O)C(N)c1ccccc1. The van der Waals surface area contributed by atoms with Crippen LogP contribution in [-0.4, -0.2) is 17.6 Å². The maximum Gasteiger partial charge on any atom is 0.414 e. The predicted octanol–water partition coefficient (Wildman–Crippen LogP) is 1.74. The summed E-state index contributed by atoms with van der Waals surface area (Å²) in [6.07, 6.45) is -0.793. The minimum atomic E-state index is -0.890. The van der Waals surface area contributed by atoms with Gasteiger partial charge in [0.05, 0.1) is 0 Å². The molecule has 0 aliphatic rings. The molecular weight excluding hydrogens is 232 g/mol. The molecule has 5 heteroatoms. The molecule has 0 aliphatic heterocycles. The number of alkyl carbamates (subject to hydrolysis) is 1. The molecule has 0 spiro atoms. The third-order valence-electron chi connectivity index (χ3n) is 2.07. The average Bonchev–Trinajstić information content (AvgIpc) is 2.26. The van der Waals surface area contributed by atoms with Crippen LogP contribution in [0.2, 0.25) is 0 Å². The number of amides is 2. The van der Waals surface area contributed by atoms with Crippen molar-refractivity contribution in [2.45, 2.75) is 32.4 Å². The summed E-state index contributed by atoms with van der Waals surface area (Å²) in [5.41, 5.74) is 5.72. The fourth-order valence-electron chi connectivity index (χ4n) is 1.29. The molecule has 2 amide bonds. The van der Waals surface area contributed by atoms with E-state index in [4.69, 9.17) is 10.5 Å². The van der Waals surface area contributed by atoms with Gasteiger partial charge in [-0.05, 0) is 26.3 Å². The van der Waals surface area contributed by atoms with Crippen LogP contribution in [0, 0.1) is 0 Å². The highest BCUT2D eigenvalue weighted by molar-refractivity contribution is 5.95. The molecule has 98 valence electrons. The van der Waals surface area contributed by atoms with E-state index in [1.54, 1.807) is 45.0 Å². The molecule has 1 unspecified atom stereocenters. The number of hydrogen-bond acceptors (Lipinski definition) is 4. The normalized spacial score (nSPS) is 12.7. The second-order valence-electron chi connectivity index (χ2n) is 4.88. The van der Waals surface area contributed by atoms with Gasteiger partial charge < -0.3 is 10.5 Å². The van der Waals surface area contributed by atoms with Crippen molar-refractivity contribution < 1.29 is 14.3 Å². The summed E-state index contributed by atoms with van der Waals surface area (Å²) in [7, 11) is 0. The molecule has 1 aromatic carbocycles. The first-order chi connectivity index (χ1) is 8.29. The zero-order valence-electron chi connectivity index (χ0n) is 10.8. The van der Waals surface area contributed by atoms with Crippen molar-refractivity contribution in [2.75, 3.05) is 0 Å². The Hall–Kier alpha value is -1.88. The average molecular weight is 250 g/mol. The van der Waals surface area contributed by atoms with Gasteiger partial charge in [0, 0.05) is 0 Å². The van der Waals surface area contributed by atoms with Crippen molar-refractivity contribution >= 4 is 12.0 Å². The molecule has 0 saturated heterocycles. The number of carbonyl (C=O) groups is 2. The van der Waals surface area contributed by atoms with Gasteiger partial charge in [0.2, 0.25) is 0 Å². The summed E-state index contributed by atoms with van der Waals surface area (Å²) >= 11 is 0. The fourth-order valence-corrected chi connectivity index (χ4v) is 1.29. The number of hydrogen-bond donors (Lipinski definition) is 2. The van der Waals surface area contributed by atoms with Gasteiger partial charge in [-0.25, -0.2) is 4.79 Å². The summed E-state index contributed by atoms with van der Waals surface area (Å²) in [6.45, 7) is 5.15. The highest BCUT2D eigenvalue weighted by Gasteiger charge is 2.22. The van der Waals surface area contributed by atoms with E-state index in [0.29, 0.717) is 5.56 Å². The molecule has 0 aliphatic carbocycles. The molecule has 1 atom stereocenters. The van der Waals surface area contributed by atoms with E-state index < -0.39 is 23.6 Å². The number of rotatable bonds is 2. The Morgan fingerprint density at radius 2 is 1.78 bits per heavy atom. The molecule has 0 bridgehead atoms. The van der Waals surface area contributed by atoms with Crippen LogP contribution in [0.1, 0.15) is 32.4 Å². The molecule has 0 fully saturated rings. The Bertz CT molecular complexity index is 424. The van der Waals surface area contributed by atoms with Gasteiger partial charge in [0.1, 0.15) is 11.6 Å². The van der Waals surface area contributed by atoms with E-state index >= 15 is 0 Å². The van der Waals surface area contributed by atoms with Gasteiger partial charge in [-0.2, -0.15) is 0 Å². The van der Waals surface area contributed by atoms with E-state index in [1.807, 2.05) is 6.07 Å². The number of nitrogens with one attached hydrogen (secondary N) is 1. The van der Waals surface area contributed by atoms with Gasteiger partial charge in [-0.15, -0.1) is 0 Å². The maximum atomic E-state index is 11.7. The van der Waals surface area contributed by atoms with Crippen LogP contribution in [0.3, 0.4) is 0 Å². The fraction of sp³-hybridized carbons (Fsp3) is 0.385. The molecule has 0 radical (unpaired) electrons. The van der Waals surface area contributed by atoms with Crippen molar-refractivity contribution in [1.82, 2.24) is 5.32 Å². The summed E-state index contributed by atoms with van der Waals surface area (Å²) in [5, 5.41) is 2.11. The molecule has 1 rings (SSSR count). The molecule has 0 heterocycles. The Kier molecular flexibility index (Phi) is 4.44. The van der Waals surface area contributed by atoms with Crippen molar-refractivity contribution in [3.8, 4) is 0 Å². The number of carbonyl (C=O) groups excluding carboxylic acids is 2. The van der Waals surface area contributed by atoms with Gasteiger partial charge in [0.15, 0.2) is 0 Å². The van der Waals surface area contributed by atoms with Crippen molar-refractivity contribution in [3.05, 3.63) is 35.9 Å². The third-order valence-corrected chi connectivity index (χ3v) is 2.07. The van der Waals surface area contributed by atoms with E-state index in [2.05, 4.69) is 5.32 Å². The summed E-state index contributed by atoms with van der Waals surface area (Å²) in [6, 6.07) is 7.92. The number of imide groups is 1. The standard InChI is InChI=1S/C13H18N2O3/c1-13(2,3)18-12(17)15-11(16)10(14)9-7-5-4-6-8-9/h4-8,10H,14H2,1-3H3,(H,15,16,17). The predicted molar refractivity (Wildman–Crippen MR) is 67.7 cm³/mol. The third kappa shape index (κ3) is 4.55. The van der Waals surface area contributed by atoms with Crippen LogP contribution in [0.5, 0.6) is 0 Å². The summed E-state index contributed by atoms with van der Waals surface area (Å²) in [4.78, 5) is 23.1. The number of ether oxygens (including phenoxy) is 1. The second kappa shape index (κ2) is 5.64. The Balaban J connectivity index is 2.59. The van der Waals surface area contributed by atoms with Gasteiger partial charge in [0.25, 0.3) is 5.91 Å². The van der Waals surface area contributed by atoms with E-state index in [9.17, 15) is 9.59 Å². The van der Waals surface area contributed by atoms with E-state index in [1.165, 1.54) is 0 Å². The van der Waals surface area contributed by atoms with Crippen LogP contribution in [-0.2, 0) is 9.53 Å². The van der Waals surface area contributed by atoms with Crippen LogP contribution >= 0.6 is 0 Å². The number of benzene rings is 1. The second-order valence-corrected chi connectivity index (χ2v) is 4.88. The van der Waals surface area contributed by atoms with E-state index in [-0.39, 0.29) is 0 Å². The first-order valence-corrected chi connectivity index (χ1v) is 5.64. The minimum absolute atomic E-state index is 0.588. The van der Waals surface area contributed by atoms with Gasteiger partial charge in [-0.1, -0.05) is 30.3 Å². The lowest BCUT2D eigenvalue weighted by atomic mass is 10.1. The Morgan fingerprint density at radius 1 is 1.22 bits per heavy atom. The zero-order valence-corrected chi connectivity index (χ0v) is 10.8. The lowest BCUT2D eigenvalue weighted by Gasteiger charge is -2.20. The van der Waals surface area contributed by atoms with Crippen LogP contribution in [0.15, 0.2) is 30.3 Å². The van der Waals surface area contributed by atoms with Crippen LogP contribution in [0.25, 0.3) is 0 Å². The first-order valence-electron chi connectivity index (χ1n) is 5.64. The monoisotopic (exact) mass is 250 g/mol. The van der Waals surface area contributed by atoms with Crippen molar-refractivity contribution in [1.29, 1.82) is 0 Å². The molecule has 0 saturated carbocycles. The molecule has 0 aromatic heterocycles. The molecular formula is C13H18N2O3. The van der Waals surface area contributed by atoms with E-state index in [0.717, 1.165) is 0 Å². The van der Waals surface area contributed by atoms with Gasteiger partial charge >= 0.3 is 6.09 Å². The highest BCUT2D eigenvalue weighted by atomic mass is 16.6. The largest absolute Gasteiger partial charge is 0.444 e. The molecule has 3 N–H and O–H groups in total. The lowest BCUT2D eigenvalue weighted by molar-refractivity contribution is -0.122. The minimum Gasteiger partial charge on any atom is -0.444 e. The maximum absolute atomic E-state index is 11.7. The van der Waals surface area contributed by atoms with Gasteiger partial charge in [-0.3, -0.25) is 10.1 Å². The highest BCUT2D eigenvalue weighted by Crippen LogP contribution is 2.10. The zero-order chi connectivity index (χ0) is 13.8. The number of nitrogens with two attached hydrogens (primary N) is 1. The Labute approximate surface area is 106 Å². The lowest BCUT2D eigenvalue weighted by Crippen LogP contribution is -2.41. The molecule has 1 aromatic rings. The van der Waals surface area contributed by atoms with Crippen LogP contribution < -0.4 is 11.1 Å². The van der Waals surface area contributed by atoms with Crippen molar-refractivity contribution in [2.24, 2.45) is 5.73 Å². The Morgan fingerprint density at radius 3 is 2.28 bits per heavy atom. The van der Waals surface area contributed by atoms with Crippen LogP contribution in [0.4, 0.5) is 4.79 Å². The molecule has 18 heavy (non-hydrogen) atoms. The smallest absolute Gasteiger partial charge is 0.414 e. The summed E-state index contributed by atoms with van der Waals surface area (Å²) < 4.78 is 4.97. The van der Waals surface area contributed by atoms with Crippen molar-refractivity contribution in [3.63, 3.8) is 0 Å². The first kappa shape index (κ1) is 14.2.